The van der Waals surface area contributed by atoms with E-state index >= 15 is 0 Å². The molecule has 172 valence electrons. The van der Waals surface area contributed by atoms with Crippen LogP contribution in [-0.2, 0) is 16.1 Å². The molecule has 2 saturated heterocycles. The number of carbonyl (C=O) groups is 2. The number of carbonyl (C=O) groups excluding carboxylic acids is 2. The summed E-state index contributed by atoms with van der Waals surface area (Å²) in [7, 11) is 0. The van der Waals surface area contributed by atoms with E-state index in [4.69, 9.17) is 4.74 Å². The fraction of sp³-hybridized carbons (Fsp3) is 0.400. The van der Waals surface area contributed by atoms with Gasteiger partial charge >= 0.3 is 12.0 Å². The van der Waals surface area contributed by atoms with Crippen LogP contribution in [0.4, 0.5) is 4.79 Å². The lowest BCUT2D eigenvalue weighted by Crippen LogP contribution is -2.36. The molecule has 1 aromatic heterocycles. The number of para-hydroxylation sites is 2. The molecule has 2 N–H and O–H groups in total. The zero-order valence-electron chi connectivity index (χ0n) is 18.3. The minimum Gasteiger partial charge on any atom is -0.464 e. The third-order valence-electron chi connectivity index (χ3n) is 6.51. The fourth-order valence-electron chi connectivity index (χ4n) is 4.90. The maximum atomic E-state index is 12.8. The predicted molar refractivity (Wildman–Crippen MR) is 131 cm³/mol. The molecule has 0 radical (unpaired) electrons. The van der Waals surface area contributed by atoms with Crippen LogP contribution in [0.3, 0.4) is 0 Å². The molecule has 0 aliphatic carbocycles. The van der Waals surface area contributed by atoms with Crippen molar-refractivity contribution >= 4 is 45.6 Å². The van der Waals surface area contributed by atoms with Crippen LogP contribution in [0.15, 0.2) is 53.3 Å². The summed E-state index contributed by atoms with van der Waals surface area (Å²) >= 11 is 1.89. The number of aromatic nitrogens is 1. The van der Waals surface area contributed by atoms with E-state index in [2.05, 4.69) is 15.2 Å². The Morgan fingerprint density at radius 1 is 1.00 bits per heavy atom. The molecule has 5 rings (SSSR count). The number of hydrogen-bond acceptors (Lipinski definition) is 5. The first kappa shape index (κ1) is 21.8. The minimum absolute atomic E-state index is 0.0224. The Morgan fingerprint density at radius 2 is 1.70 bits per heavy atom. The normalized spacial score (nSPS) is 21.7. The van der Waals surface area contributed by atoms with Gasteiger partial charge in [0, 0.05) is 28.2 Å². The number of nitrogens with one attached hydrogen (secondary N) is 2. The van der Waals surface area contributed by atoms with E-state index in [9.17, 15) is 14.4 Å². The van der Waals surface area contributed by atoms with E-state index in [1.807, 2.05) is 60.3 Å². The van der Waals surface area contributed by atoms with E-state index in [-0.39, 0.29) is 36.1 Å². The third-order valence-corrected chi connectivity index (χ3v) is 8.02. The van der Waals surface area contributed by atoms with Gasteiger partial charge in [-0.2, -0.15) is 11.8 Å². The number of hydrogen-bond donors (Lipinski definition) is 2. The molecule has 0 unspecified atom stereocenters. The summed E-state index contributed by atoms with van der Waals surface area (Å²) in [4.78, 5) is 36.6. The van der Waals surface area contributed by atoms with Crippen molar-refractivity contribution in [3.63, 3.8) is 0 Å². The van der Waals surface area contributed by atoms with Crippen LogP contribution >= 0.6 is 11.8 Å². The van der Waals surface area contributed by atoms with Crippen LogP contribution in [0.1, 0.15) is 25.7 Å². The number of benzene rings is 2. The molecule has 2 aliphatic rings. The summed E-state index contributed by atoms with van der Waals surface area (Å²) in [6.45, 7) is 0.747. The Labute approximate surface area is 195 Å². The Morgan fingerprint density at radius 3 is 2.42 bits per heavy atom. The monoisotopic (exact) mass is 465 g/mol. The van der Waals surface area contributed by atoms with E-state index in [1.165, 1.54) is 0 Å². The van der Waals surface area contributed by atoms with E-state index in [1.54, 1.807) is 0 Å². The lowest BCUT2D eigenvalue weighted by Gasteiger charge is -2.16. The zero-order chi connectivity index (χ0) is 22.8. The molecule has 0 bridgehead atoms. The van der Waals surface area contributed by atoms with Crippen LogP contribution in [-0.4, -0.2) is 46.3 Å². The molecule has 8 heteroatoms. The molecular weight excluding hydrogens is 438 g/mol. The molecular formula is C25H27N3O4S. The molecule has 7 nitrogen and oxygen atoms in total. The van der Waals surface area contributed by atoms with Crippen molar-refractivity contribution in [2.75, 3.05) is 12.4 Å². The van der Waals surface area contributed by atoms with Crippen LogP contribution in [0, 0.1) is 0 Å². The number of unbranched alkanes of at least 4 members (excludes halogenated alkanes) is 1. The van der Waals surface area contributed by atoms with Gasteiger partial charge in [-0.05, 0) is 37.1 Å². The highest BCUT2D eigenvalue weighted by Crippen LogP contribution is 2.33. The molecule has 3 aromatic rings. The van der Waals surface area contributed by atoms with Crippen molar-refractivity contribution in [1.29, 1.82) is 0 Å². The summed E-state index contributed by atoms with van der Waals surface area (Å²) in [5, 5.41) is 7.70. The second-order valence-corrected chi connectivity index (χ2v) is 9.88. The lowest BCUT2D eigenvalue weighted by atomic mass is 10.0. The van der Waals surface area contributed by atoms with E-state index in [0.717, 1.165) is 36.0 Å². The molecule has 0 saturated carbocycles. The predicted octanol–water partition coefficient (Wildman–Crippen LogP) is 3.42. The first-order chi connectivity index (χ1) is 16.1. The number of esters is 1. The van der Waals surface area contributed by atoms with Crippen molar-refractivity contribution < 1.29 is 14.3 Å². The quantitative estimate of drug-likeness (QED) is 0.230. The summed E-state index contributed by atoms with van der Waals surface area (Å²) in [5.41, 5.74) is 1.71. The van der Waals surface area contributed by atoms with Gasteiger partial charge in [0.15, 0.2) is 5.43 Å². The number of thioether (sulfide) groups is 1. The average Bonchev–Trinajstić information content (AvgIpc) is 3.38. The first-order valence-corrected chi connectivity index (χ1v) is 12.5. The number of urea groups is 1. The first-order valence-electron chi connectivity index (χ1n) is 11.5. The van der Waals surface area contributed by atoms with E-state index in [0.29, 0.717) is 29.0 Å². The highest BCUT2D eigenvalue weighted by atomic mass is 32.2. The fourth-order valence-corrected chi connectivity index (χ4v) is 6.44. The lowest BCUT2D eigenvalue weighted by molar-refractivity contribution is -0.144. The molecule has 2 aliphatic heterocycles. The standard InChI is InChI=1S/C25H27N3O4S/c29-22(12-6-5-11-21-23-18(15-33-21)26-25(31)27-23)32-14-13-28-19-9-3-1-7-16(19)24(30)17-8-2-4-10-20(17)28/h1-4,7-10,18,21,23H,5-6,11-15H2,(H2,26,27,31)/t18-,21-,23-/m0/s1. The smallest absolute Gasteiger partial charge is 0.315 e. The van der Waals surface area contributed by atoms with Crippen LogP contribution < -0.4 is 16.1 Å². The molecule has 2 amide bonds. The summed E-state index contributed by atoms with van der Waals surface area (Å²) < 4.78 is 7.57. The highest BCUT2D eigenvalue weighted by molar-refractivity contribution is 8.00. The number of fused-ring (bicyclic) bond motifs is 3. The molecule has 33 heavy (non-hydrogen) atoms. The number of pyridine rings is 1. The van der Waals surface area contributed by atoms with Crippen molar-refractivity contribution in [2.45, 2.75) is 49.6 Å². The Balaban J connectivity index is 1.13. The summed E-state index contributed by atoms with van der Waals surface area (Å²) in [6, 6.07) is 15.5. The largest absolute Gasteiger partial charge is 0.464 e. The number of rotatable bonds is 8. The topological polar surface area (TPSA) is 89.4 Å². The average molecular weight is 466 g/mol. The van der Waals surface area contributed by atoms with Gasteiger partial charge in [0.05, 0.1) is 29.7 Å². The zero-order valence-corrected chi connectivity index (χ0v) is 19.1. The summed E-state index contributed by atoms with van der Waals surface area (Å²) in [5.74, 6) is 0.752. The van der Waals surface area contributed by atoms with Gasteiger partial charge in [-0.3, -0.25) is 9.59 Å². The van der Waals surface area contributed by atoms with E-state index < -0.39 is 0 Å². The number of ether oxygens (including phenoxy) is 1. The van der Waals surface area contributed by atoms with Gasteiger partial charge in [-0.15, -0.1) is 0 Å². The maximum Gasteiger partial charge on any atom is 0.315 e. The molecule has 2 fully saturated rings. The molecule has 3 heterocycles. The van der Waals surface area contributed by atoms with Crippen LogP contribution in [0.5, 0.6) is 0 Å². The van der Waals surface area contributed by atoms with Gasteiger partial charge < -0.3 is 19.9 Å². The Bertz CT molecular complexity index is 1200. The van der Waals surface area contributed by atoms with Gasteiger partial charge in [-0.25, -0.2) is 4.79 Å². The molecule has 0 spiro atoms. The van der Waals surface area contributed by atoms with Crippen molar-refractivity contribution in [2.24, 2.45) is 0 Å². The molecule has 2 aromatic carbocycles. The Hall–Kier alpha value is -3.00. The second-order valence-electron chi connectivity index (χ2n) is 8.60. The van der Waals surface area contributed by atoms with Crippen molar-refractivity contribution in [3.8, 4) is 0 Å². The van der Waals surface area contributed by atoms with Gasteiger partial charge in [0.25, 0.3) is 0 Å². The number of nitrogens with zero attached hydrogens (tertiary/aromatic N) is 1. The van der Waals surface area contributed by atoms with Gasteiger partial charge in [0.2, 0.25) is 0 Å². The highest BCUT2D eigenvalue weighted by Gasteiger charge is 2.42. The van der Waals surface area contributed by atoms with Crippen molar-refractivity contribution in [1.82, 2.24) is 15.2 Å². The third kappa shape index (κ3) is 4.44. The summed E-state index contributed by atoms with van der Waals surface area (Å²) in [6.07, 6.45) is 3.08. The minimum atomic E-state index is -0.197. The van der Waals surface area contributed by atoms with Crippen LogP contribution in [0.25, 0.3) is 21.8 Å². The SMILES string of the molecule is O=C1N[C@H]2[C@H](CS[C@H]2CCCCC(=O)OCCn2c3ccccc3c(=O)c3ccccc32)N1. The maximum absolute atomic E-state index is 12.8. The Kier molecular flexibility index (Phi) is 6.26. The number of amides is 2. The second kappa shape index (κ2) is 9.47. The van der Waals surface area contributed by atoms with Gasteiger partial charge in [0.1, 0.15) is 6.61 Å². The van der Waals surface area contributed by atoms with Gasteiger partial charge in [-0.1, -0.05) is 30.7 Å². The molecule has 3 atom stereocenters. The van der Waals surface area contributed by atoms with Crippen LogP contribution in [0.2, 0.25) is 0 Å². The van der Waals surface area contributed by atoms with Crippen molar-refractivity contribution in [3.05, 3.63) is 58.8 Å².